The zero-order valence-corrected chi connectivity index (χ0v) is 8.27. The molecule has 14 heavy (non-hydrogen) atoms. The van der Waals surface area contributed by atoms with E-state index in [-0.39, 0.29) is 36.3 Å². The molecule has 78 valence electrons. The van der Waals surface area contributed by atoms with E-state index in [0.29, 0.717) is 0 Å². The standard InChI is InChI=1S/C10H15NO3/c1-6(5-12)11-9(13)7-2-3-8(4-7)10(11)14/h6-8,12H,2-5H2,1H3/t6-,7?,8?/m1/s1. The fourth-order valence-corrected chi connectivity index (χ4v) is 2.45. The molecule has 3 atom stereocenters. The summed E-state index contributed by atoms with van der Waals surface area (Å²) in [5, 5.41) is 8.97. The van der Waals surface area contributed by atoms with Gasteiger partial charge in [-0.25, -0.2) is 0 Å². The molecule has 0 spiro atoms. The summed E-state index contributed by atoms with van der Waals surface area (Å²) in [5.41, 5.74) is 0. The van der Waals surface area contributed by atoms with Gasteiger partial charge in [-0.05, 0) is 26.2 Å². The Morgan fingerprint density at radius 2 is 1.86 bits per heavy atom. The van der Waals surface area contributed by atoms with Crippen LogP contribution in [0.4, 0.5) is 0 Å². The van der Waals surface area contributed by atoms with Crippen molar-refractivity contribution in [2.24, 2.45) is 11.8 Å². The number of rotatable bonds is 2. The molecule has 2 bridgehead atoms. The van der Waals surface area contributed by atoms with Crippen LogP contribution in [0, 0.1) is 11.8 Å². The van der Waals surface area contributed by atoms with E-state index < -0.39 is 0 Å². The average Bonchev–Trinajstić information content (AvgIpc) is 2.61. The highest BCUT2D eigenvalue weighted by Crippen LogP contribution is 2.38. The first kappa shape index (κ1) is 9.65. The van der Waals surface area contributed by atoms with Crippen molar-refractivity contribution in [3.63, 3.8) is 0 Å². The van der Waals surface area contributed by atoms with Crippen molar-refractivity contribution in [2.45, 2.75) is 32.2 Å². The molecule has 4 nitrogen and oxygen atoms in total. The molecule has 0 aromatic carbocycles. The first-order valence-corrected chi connectivity index (χ1v) is 5.13. The zero-order chi connectivity index (χ0) is 10.3. The molecule has 0 aromatic rings. The van der Waals surface area contributed by atoms with Crippen LogP contribution in [-0.2, 0) is 9.59 Å². The van der Waals surface area contributed by atoms with Gasteiger partial charge >= 0.3 is 0 Å². The number of likely N-dealkylation sites (tertiary alicyclic amines) is 1. The first-order chi connectivity index (χ1) is 6.65. The van der Waals surface area contributed by atoms with E-state index in [4.69, 9.17) is 5.11 Å². The quantitative estimate of drug-likeness (QED) is 0.641. The number of imide groups is 1. The fraction of sp³-hybridized carbons (Fsp3) is 0.800. The van der Waals surface area contributed by atoms with Crippen molar-refractivity contribution >= 4 is 11.8 Å². The van der Waals surface area contributed by atoms with Gasteiger partial charge in [0.2, 0.25) is 11.8 Å². The fourth-order valence-electron chi connectivity index (χ4n) is 2.45. The van der Waals surface area contributed by atoms with E-state index in [1.54, 1.807) is 6.92 Å². The van der Waals surface area contributed by atoms with Gasteiger partial charge in [-0.3, -0.25) is 14.5 Å². The summed E-state index contributed by atoms with van der Waals surface area (Å²) in [4.78, 5) is 24.8. The van der Waals surface area contributed by atoms with E-state index >= 15 is 0 Å². The highest BCUT2D eigenvalue weighted by atomic mass is 16.3. The van der Waals surface area contributed by atoms with Crippen LogP contribution in [0.25, 0.3) is 0 Å². The molecule has 0 aromatic heterocycles. The topological polar surface area (TPSA) is 57.6 Å². The van der Waals surface area contributed by atoms with Crippen LogP contribution in [0.1, 0.15) is 26.2 Å². The van der Waals surface area contributed by atoms with Gasteiger partial charge in [0.1, 0.15) is 0 Å². The van der Waals surface area contributed by atoms with E-state index in [9.17, 15) is 9.59 Å². The maximum Gasteiger partial charge on any atom is 0.232 e. The van der Waals surface area contributed by atoms with Crippen LogP contribution in [0.3, 0.4) is 0 Å². The van der Waals surface area contributed by atoms with Gasteiger partial charge in [-0.15, -0.1) is 0 Å². The number of carbonyl (C=O) groups is 2. The molecule has 2 fully saturated rings. The minimum absolute atomic E-state index is 0.0340. The lowest BCUT2D eigenvalue weighted by molar-refractivity contribution is -0.156. The van der Waals surface area contributed by atoms with Crippen LogP contribution in [-0.4, -0.2) is 34.5 Å². The molecule has 1 saturated heterocycles. The van der Waals surface area contributed by atoms with Gasteiger partial charge in [0.15, 0.2) is 0 Å². The number of aliphatic hydroxyl groups is 1. The van der Waals surface area contributed by atoms with Crippen LogP contribution in [0.5, 0.6) is 0 Å². The molecular weight excluding hydrogens is 182 g/mol. The van der Waals surface area contributed by atoms with E-state index in [2.05, 4.69) is 0 Å². The van der Waals surface area contributed by atoms with Crippen molar-refractivity contribution in [1.29, 1.82) is 0 Å². The van der Waals surface area contributed by atoms with Crippen molar-refractivity contribution < 1.29 is 14.7 Å². The molecule has 1 saturated carbocycles. The molecule has 0 radical (unpaired) electrons. The largest absolute Gasteiger partial charge is 0.394 e. The zero-order valence-electron chi connectivity index (χ0n) is 8.27. The van der Waals surface area contributed by atoms with Gasteiger partial charge in [0.05, 0.1) is 12.6 Å². The highest BCUT2D eigenvalue weighted by Gasteiger charge is 2.46. The van der Waals surface area contributed by atoms with Crippen LogP contribution in [0.15, 0.2) is 0 Å². The Bertz CT molecular complexity index is 255. The molecule has 1 aliphatic heterocycles. The Labute approximate surface area is 82.9 Å². The number of nitrogens with zero attached hydrogens (tertiary/aromatic N) is 1. The predicted molar refractivity (Wildman–Crippen MR) is 49.2 cm³/mol. The number of aliphatic hydroxyl groups excluding tert-OH is 1. The molecule has 1 heterocycles. The van der Waals surface area contributed by atoms with E-state index in [1.807, 2.05) is 0 Å². The van der Waals surface area contributed by atoms with Gasteiger partial charge in [0, 0.05) is 11.8 Å². The molecule has 1 N–H and O–H groups in total. The molecule has 4 heteroatoms. The van der Waals surface area contributed by atoms with Crippen molar-refractivity contribution in [2.75, 3.05) is 6.61 Å². The van der Waals surface area contributed by atoms with Gasteiger partial charge in [0.25, 0.3) is 0 Å². The Hall–Kier alpha value is -0.900. The normalized spacial score (nSPS) is 33.7. The molecular formula is C10H15NO3. The Morgan fingerprint density at radius 1 is 1.36 bits per heavy atom. The average molecular weight is 197 g/mol. The van der Waals surface area contributed by atoms with Crippen molar-refractivity contribution in [3.8, 4) is 0 Å². The van der Waals surface area contributed by atoms with Gasteiger partial charge in [-0.1, -0.05) is 0 Å². The minimum atomic E-state index is -0.363. The van der Waals surface area contributed by atoms with E-state index in [0.717, 1.165) is 19.3 Å². The summed E-state index contributed by atoms with van der Waals surface area (Å²) in [5.74, 6) is -0.0889. The smallest absolute Gasteiger partial charge is 0.232 e. The lowest BCUT2D eigenvalue weighted by atomic mass is 9.96. The summed E-state index contributed by atoms with van der Waals surface area (Å²) in [6.45, 7) is 1.57. The summed E-state index contributed by atoms with van der Waals surface area (Å²) < 4.78 is 0. The second-order valence-electron chi connectivity index (χ2n) is 4.28. The SMILES string of the molecule is C[C@H](CO)N1C(=O)C2CCC(C2)C1=O. The number of fused-ring (bicyclic) bond motifs is 2. The summed E-state index contributed by atoms with van der Waals surface area (Å²) in [6.07, 6.45) is 2.40. The Kier molecular flexibility index (Phi) is 2.31. The van der Waals surface area contributed by atoms with Crippen molar-refractivity contribution in [1.82, 2.24) is 4.90 Å². The first-order valence-electron chi connectivity index (χ1n) is 5.13. The number of amides is 2. The highest BCUT2D eigenvalue weighted by molar-refractivity contribution is 6.01. The summed E-state index contributed by atoms with van der Waals surface area (Å²) in [7, 11) is 0. The van der Waals surface area contributed by atoms with E-state index in [1.165, 1.54) is 4.90 Å². The molecule has 2 amide bonds. The number of carbonyl (C=O) groups excluding carboxylic acids is 2. The monoisotopic (exact) mass is 197 g/mol. The lowest BCUT2D eigenvalue weighted by Crippen LogP contribution is -2.51. The van der Waals surface area contributed by atoms with Crippen molar-refractivity contribution in [3.05, 3.63) is 0 Å². The minimum Gasteiger partial charge on any atom is -0.394 e. The maximum absolute atomic E-state index is 11.8. The van der Waals surface area contributed by atoms with Gasteiger partial charge in [-0.2, -0.15) is 0 Å². The van der Waals surface area contributed by atoms with Crippen LogP contribution < -0.4 is 0 Å². The van der Waals surface area contributed by atoms with Crippen LogP contribution in [0.2, 0.25) is 0 Å². The van der Waals surface area contributed by atoms with Gasteiger partial charge < -0.3 is 5.11 Å². The summed E-state index contributed by atoms with van der Waals surface area (Å²) in [6, 6.07) is -0.363. The summed E-state index contributed by atoms with van der Waals surface area (Å²) >= 11 is 0. The molecule has 2 aliphatic rings. The third-order valence-corrected chi connectivity index (χ3v) is 3.31. The second-order valence-corrected chi connectivity index (χ2v) is 4.28. The molecule has 2 unspecified atom stereocenters. The molecule has 1 aliphatic carbocycles. The third kappa shape index (κ3) is 1.25. The lowest BCUT2D eigenvalue weighted by Gasteiger charge is -2.33. The number of hydrogen-bond acceptors (Lipinski definition) is 3. The third-order valence-electron chi connectivity index (χ3n) is 3.31. The number of piperidine rings is 1. The Morgan fingerprint density at radius 3 is 2.29 bits per heavy atom. The maximum atomic E-state index is 11.8. The second kappa shape index (κ2) is 3.35. The molecule has 2 rings (SSSR count). The Balaban J connectivity index is 2.23. The number of hydrogen-bond donors (Lipinski definition) is 1. The van der Waals surface area contributed by atoms with Crippen LogP contribution >= 0.6 is 0 Å². The predicted octanol–water partition coefficient (Wildman–Crippen LogP) is 0.152.